The van der Waals surface area contributed by atoms with Crippen LogP contribution in [0.3, 0.4) is 0 Å². The molecule has 0 saturated carbocycles. The first-order valence-corrected chi connectivity index (χ1v) is 8.52. The van der Waals surface area contributed by atoms with Crippen LogP contribution in [0.2, 0.25) is 0 Å². The average molecular weight is 366 g/mol. The molecule has 0 bridgehead atoms. The number of rotatable bonds is 4. The van der Waals surface area contributed by atoms with E-state index in [-0.39, 0.29) is 5.91 Å². The molecule has 0 radical (unpaired) electrons. The van der Waals surface area contributed by atoms with Gasteiger partial charge in [-0.25, -0.2) is 0 Å². The first-order valence-electron chi connectivity index (χ1n) is 8.52. The molecule has 1 atom stereocenters. The van der Waals surface area contributed by atoms with Crippen molar-refractivity contribution in [2.75, 3.05) is 13.1 Å². The number of nitrogens with one attached hydrogen (secondary N) is 2. The first-order chi connectivity index (χ1) is 12.3. The summed E-state index contributed by atoms with van der Waals surface area (Å²) in [4.78, 5) is 13.1. The van der Waals surface area contributed by atoms with Crippen molar-refractivity contribution in [2.24, 2.45) is 0 Å². The van der Waals surface area contributed by atoms with E-state index in [1.165, 1.54) is 6.07 Å². The van der Waals surface area contributed by atoms with Crippen LogP contribution in [-0.4, -0.2) is 28.8 Å². The van der Waals surface area contributed by atoms with Crippen LogP contribution in [0.1, 0.15) is 36.9 Å². The molecular weight excluding hydrogens is 345 g/mol. The molecule has 1 aromatic heterocycles. The van der Waals surface area contributed by atoms with Crippen LogP contribution in [0.4, 0.5) is 13.2 Å². The summed E-state index contributed by atoms with van der Waals surface area (Å²) in [5.74, 6) is -0.229. The van der Waals surface area contributed by atoms with Crippen LogP contribution in [0.25, 0.3) is 0 Å². The van der Waals surface area contributed by atoms with Crippen LogP contribution < -0.4 is 10.6 Å². The minimum Gasteiger partial charge on any atom is -0.347 e. The molecule has 2 N–H and O–H groups in total. The lowest BCUT2D eigenvalue weighted by Crippen LogP contribution is -2.55. The lowest BCUT2D eigenvalue weighted by Gasteiger charge is -2.37. The highest BCUT2D eigenvalue weighted by Gasteiger charge is 2.42. The number of alkyl halides is 3. The van der Waals surface area contributed by atoms with E-state index in [1.54, 1.807) is 36.1 Å². The normalized spacial score (nSPS) is 18.3. The maximum absolute atomic E-state index is 13.1. The summed E-state index contributed by atoms with van der Waals surface area (Å²) in [7, 11) is 0. The number of carbonyl (C=O) groups is 1. The zero-order valence-electron chi connectivity index (χ0n) is 14.4. The molecule has 5 nitrogen and oxygen atoms in total. The Balaban J connectivity index is 1.82. The number of aromatic nitrogens is 2. The van der Waals surface area contributed by atoms with Crippen LogP contribution in [0, 0.1) is 0 Å². The predicted molar refractivity (Wildman–Crippen MR) is 90.3 cm³/mol. The van der Waals surface area contributed by atoms with Gasteiger partial charge in [0.1, 0.15) is 5.54 Å². The molecule has 1 fully saturated rings. The van der Waals surface area contributed by atoms with Crippen LogP contribution in [0.5, 0.6) is 0 Å². The summed E-state index contributed by atoms with van der Waals surface area (Å²) in [5.41, 5.74) is -1.14. The number of nitrogens with zero attached hydrogens (tertiary/aromatic N) is 2. The third-order valence-electron chi connectivity index (χ3n) is 4.86. The van der Waals surface area contributed by atoms with Gasteiger partial charge >= 0.3 is 6.18 Å². The number of piperidine rings is 1. The van der Waals surface area contributed by atoms with Crippen LogP contribution in [-0.2, 0) is 16.5 Å². The van der Waals surface area contributed by atoms with Gasteiger partial charge in [0.25, 0.3) is 0 Å². The van der Waals surface area contributed by atoms with Crippen molar-refractivity contribution in [3.8, 4) is 0 Å². The summed E-state index contributed by atoms with van der Waals surface area (Å²) < 4.78 is 40.4. The molecule has 1 saturated heterocycles. The number of hydrogen-bond acceptors (Lipinski definition) is 3. The van der Waals surface area contributed by atoms with Gasteiger partial charge in [0, 0.05) is 12.4 Å². The SMILES string of the molecule is CC(NC(=O)C1(n2cccn2)CCNCC1)c1cccc(C(F)(F)F)c1. The van der Waals surface area contributed by atoms with Gasteiger partial charge in [-0.3, -0.25) is 9.48 Å². The monoisotopic (exact) mass is 366 g/mol. The molecule has 1 aromatic carbocycles. The van der Waals surface area contributed by atoms with Crippen LogP contribution in [0.15, 0.2) is 42.7 Å². The van der Waals surface area contributed by atoms with Gasteiger partial charge in [0.05, 0.1) is 11.6 Å². The topological polar surface area (TPSA) is 59.0 Å². The molecular formula is C18H21F3N4O. The van der Waals surface area contributed by atoms with Crippen molar-refractivity contribution in [3.63, 3.8) is 0 Å². The van der Waals surface area contributed by atoms with Gasteiger partial charge in [-0.05, 0) is 56.6 Å². The van der Waals surface area contributed by atoms with Crippen molar-refractivity contribution in [1.29, 1.82) is 0 Å². The number of hydrogen-bond donors (Lipinski definition) is 2. The molecule has 1 amide bonds. The molecule has 140 valence electrons. The van der Waals surface area contributed by atoms with E-state index >= 15 is 0 Å². The van der Waals surface area contributed by atoms with E-state index in [0.29, 0.717) is 31.5 Å². The Morgan fingerprint density at radius 3 is 2.65 bits per heavy atom. The second kappa shape index (κ2) is 7.11. The molecule has 0 aliphatic carbocycles. The Hall–Kier alpha value is -2.35. The Morgan fingerprint density at radius 2 is 2.04 bits per heavy atom. The summed E-state index contributed by atoms with van der Waals surface area (Å²) in [6, 6.07) is 6.25. The number of benzene rings is 1. The highest BCUT2D eigenvalue weighted by atomic mass is 19.4. The van der Waals surface area contributed by atoms with Gasteiger partial charge in [-0.2, -0.15) is 18.3 Å². The standard InChI is InChI=1S/C18H21F3N4O/c1-13(14-4-2-5-15(12-14)18(19,20)21)24-16(26)17(6-9-22-10-7-17)25-11-3-8-23-25/h2-5,8,11-13,22H,6-7,9-10H2,1H3,(H,24,26). The van der Waals surface area contributed by atoms with Gasteiger partial charge in [-0.15, -0.1) is 0 Å². The quantitative estimate of drug-likeness (QED) is 0.875. The zero-order valence-corrected chi connectivity index (χ0v) is 14.4. The van der Waals surface area contributed by atoms with E-state index < -0.39 is 23.3 Å². The smallest absolute Gasteiger partial charge is 0.347 e. The van der Waals surface area contributed by atoms with E-state index in [2.05, 4.69) is 15.7 Å². The third kappa shape index (κ3) is 3.60. The molecule has 0 spiro atoms. The van der Waals surface area contributed by atoms with E-state index in [4.69, 9.17) is 0 Å². The summed E-state index contributed by atoms with van der Waals surface area (Å²) in [6.45, 7) is 3.03. The number of amides is 1. The molecule has 1 unspecified atom stereocenters. The van der Waals surface area contributed by atoms with E-state index in [9.17, 15) is 18.0 Å². The highest BCUT2D eigenvalue weighted by molar-refractivity contribution is 5.85. The summed E-state index contributed by atoms with van der Waals surface area (Å²) >= 11 is 0. The minimum atomic E-state index is -4.41. The maximum atomic E-state index is 13.1. The summed E-state index contributed by atoms with van der Waals surface area (Å²) in [5, 5.41) is 10.3. The molecule has 26 heavy (non-hydrogen) atoms. The largest absolute Gasteiger partial charge is 0.416 e. The Bertz CT molecular complexity index is 752. The predicted octanol–water partition coefficient (Wildman–Crippen LogP) is 2.86. The Morgan fingerprint density at radius 1 is 1.31 bits per heavy atom. The van der Waals surface area contributed by atoms with Gasteiger partial charge in [-0.1, -0.05) is 12.1 Å². The Kier molecular flexibility index (Phi) is 5.04. The third-order valence-corrected chi connectivity index (χ3v) is 4.86. The maximum Gasteiger partial charge on any atom is 0.416 e. The van der Waals surface area contributed by atoms with Gasteiger partial charge in [0.15, 0.2) is 0 Å². The lowest BCUT2D eigenvalue weighted by atomic mass is 9.87. The average Bonchev–Trinajstić information content (AvgIpc) is 3.17. The first kappa shape index (κ1) is 18.4. The second-order valence-corrected chi connectivity index (χ2v) is 6.55. The molecule has 1 aliphatic heterocycles. The molecule has 3 rings (SSSR count). The van der Waals surface area contributed by atoms with Crippen molar-refractivity contribution in [3.05, 3.63) is 53.9 Å². The zero-order chi connectivity index (χ0) is 18.8. The van der Waals surface area contributed by atoms with Gasteiger partial charge < -0.3 is 10.6 Å². The van der Waals surface area contributed by atoms with E-state index in [0.717, 1.165) is 12.1 Å². The fraction of sp³-hybridized carbons (Fsp3) is 0.444. The van der Waals surface area contributed by atoms with Crippen molar-refractivity contribution >= 4 is 5.91 Å². The molecule has 8 heteroatoms. The van der Waals surface area contributed by atoms with Crippen molar-refractivity contribution in [2.45, 2.75) is 37.5 Å². The molecule has 2 aromatic rings. The fourth-order valence-corrected chi connectivity index (χ4v) is 3.32. The van der Waals surface area contributed by atoms with Crippen LogP contribution >= 0.6 is 0 Å². The molecule has 2 heterocycles. The van der Waals surface area contributed by atoms with E-state index in [1.807, 2.05) is 0 Å². The van der Waals surface area contributed by atoms with Crippen molar-refractivity contribution in [1.82, 2.24) is 20.4 Å². The minimum absolute atomic E-state index is 0.229. The lowest BCUT2D eigenvalue weighted by molar-refractivity contribution is -0.137. The highest BCUT2D eigenvalue weighted by Crippen LogP contribution is 2.32. The number of carbonyl (C=O) groups excluding carboxylic acids is 1. The Labute approximate surface area is 149 Å². The number of halogens is 3. The fourth-order valence-electron chi connectivity index (χ4n) is 3.32. The summed E-state index contributed by atoms with van der Waals surface area (Å²) in [6.07, 6.45) is 0.0872. The van der Waals surface area contributed by atoms with Crippen molar-refractivity contribution < 1.29 is 18.0 Å². The molecule has 1 aliphatic rings. The van der Waals surface area contributed by atoms with Gasteiger partial charge in [0.2, 0.25) is 5.91 Å². The second-order valence-electron chi connectivity index (χ2n) is 6.55.